The van der Waals surface area contributed by atoms with E-state index in [2.05, 4.69) is 22.0 Å². The lowest BCUT2D eigenvalue weighted by Crippen LogP contribution is -2.49. The number of hydrogen-bond donors (Lipinski definition) is 0. The summed E-state index contributed by atoms with van der Waals surface area (Å²) >= 11 is 0. The topological polar surface area (TPSA) is 83.0 Å². The molecule has 0 unspecified atom stereocenters. The number of piperazine rings is 1. The molecular weight excluding hydrogens is 440 g/mol. The molecule has 1 aliphatic rings. The minimum absolute atomic E-state index is 0.132. The van der Waals surface area contributed by atoms with E-state index in [0.717, 1.165) is 23.1 Å². The fraction of sp³-hybridized carbons (Fsp3) is 0.250. The van der Waals surface area contributed by atoms with Crippen molar-refractivity contribution < 1.29 is 17.9 Å². The Balaban J connectivity index is 1.47. The van der Waals surface area contributed by atoms with Crippen LogP contribution in [0.2, 0.25) is 0 Å². The molecule has 1 saturated heterocycles. The van der Waals surface area contributed by atoms with Crippen LogP contribution in [0.5, 0.6) is 5.75 Å². The fourth-order valence-corrected chi connectivity index (χ4v) is 4.93. The largest absolute Gasteiger partial charge is 0.497 e. The lowest BCUT2D eigenvalue weighted by atomic mass is 10.2. The Morgan fingerprint density at radius 1 is 0.970 bits per heavy atom. The normalized spacial score (nSPS) is 14.1. The van der Waals surface area contributed by atoms with Crippen LogP contribution in [0.15, 0.2) is 77.8 Å². The smallest absolute Gasteiger partial charge is 0.272 e. The van der Waals surface area contributed by atoms with Gasteiger partial charge in [0.15, 0.2) is 0 Å². The SMILES string of the molecule is COc1ccc(S(=O)(=O)N(C)c2ccnc(C(=O)N3CCN(c4ccccc4)CC3)c2)cc1. The van der Waals surface area contributed by atoms with E-state index in [1.165, 1.54) is 38.6 Å². The zero-order valence-corrected chi connectivity index (χ0v) is 19.4. The number of para-hydroxylation sites is 1. The molecule has 1 aromatic heterocycles. The third-order valence-corrected chi connectivity index (χ3v) is 7.53. The third kappa shape index (κ3) is 4.78. The summed E-state index contributed by atoms with van der Waals surface area (Å²) in [7, 11) is -0.823. The molecule has 0 radical (unpaired) electrons. The average molecular weight is 467 g/mol. The van der Waals surface area contributed by atoms with Crippen molar-refractivity contribution in [2.75, 3.05) is 49.5 Å². The number of carbonyl (C=O) groups excluding carboxylic acids is 1. The molecule has 2 heterocycles. The van der Waals surface area contributed by atoms with Crippen molar-refractivity contribution in [3.63, 3.8) is 0 Å². The van der Waals surface area contributed by atoms with E-state index in [4.69, 9.17) is 4.74 Å². The first-order chi connectivity index (χ1) is 15.9. The van der Waals surface area contributed by atoms with Crippen LogP contribution < -0.4 is 13.9 Å². The van der Waals surface area contributed by atoms with Crippen molar-refractivity contribution in [2.45, 2.75) is 4.90 Å². The molecule has 1 amide bonds. The molecule has 1 fully saturated rings. The van der Waals surface area contributed by atoms with Crippen molar-refractivity contribution in [3.8, 4) is 5.75 Å². The highest BCUT2D eigenvalue weighted by atomic mass is 32.2. The second-order valence-corrected chi connectivity index (χ2v) is 9.63. The first-order valence-electron chi connectivity index (χ1n) is 10.6. The molecule has 4 rings (SSSR count). The molecule has 0 bridgehead atoms. The van der Waals surface area contributed by atoms with Crippen molar-refractivity contribution in [3.05, 3.63) is 78.6 Å². The Hall–Kier alpha value is -3.59. The summed E-state index contributed by atoms with van der Waals surface area (Å²) in [5, 5.41) is 0. The van der Waals surface area contributed by atoms with Gasteiger partial charge in [0, 0.05) is 45.1 Å². The number of carbonyl (C=O) groups is 1. The summed E-state index contributed by atoms with van der Waals surface area (Å²) in [5.74, 6) is 0.362. The van der Waals surface area contributed by atoms with Gasteiger partial charge in [-0.1, -0.05) is 18.2 Å². The number of rotatable bonds is 6. The Labute approximate surface area is 194 Å². The number of benzene rings is 2. The molecule has 0 aliphatic carbocycles. The van der Waals surface area contributed by atoms with Crippen LogP contribution >= 0.6 is 0 Å². The van der Waals surface area contributed by atoms with Crippen LogP contribution in [-0.4, -0.2) is 64.5 Å². The number of amides is 1. The number of methoxy groups -OCH3 is 1. The van der Waals surface area contributed by atoms with Crippen molar-refractivity contribution in [2.24, 2.45) is 0 Å². The van der Waals surface area contributed by atoms with E-state index in [1.807, 2.05) is 18.2 Å². The zero-order chi connectivity index (χ0) is 23.4. The van der Waals surface area contributed by atoms with Crippen LogP contribution in [-0.2, 0) is 10.0 Å². The van der Waals surface area contributed by atoms with Crippen molar-refractivity contribution >= 4 is 27.3 Å². The first kappa shape index (κ1) is 22.6. The highest BCUT2D eigenvalue weighted by Gasteiger charge is 2.26. The summed E-state index contributed by atoms with van der Waals surface area (Å²) in [6.07, 6.45) is 1.46. The maximum absolute atomic E-state index is 13.1. The lowest BCUT2D eigenvalue weighted by molar-refractivity contribution is 0.0741. The molecule has 0 atom stereocenters. The van der Waals surface area contributed by atoms with Crippen LogP contribution in [0.25, 0.3) is 0 Å². The van der Waals surface area contributed by atoms with Gasteiger partial charge in [-0.15, -0.1) is 0 Å². The van der Waals surface area contributed by atoms with E-state index in [1.54, 1.807) is 23.1 Å². The summed E-state index contributed by atoms with van der Waals surface area (Å²) in [5.41, 5.74) is 1.72. The van der Waals surface area contributed by atoms with Gasteiger partial charge in [0.1, 0.15) is 11.4 Å². The Morgan fingerprint density at radius 3 is 2.27 bits per heavy atom. The number of anilines is 2. The Bertz CT molecular complexity index is 1210. The summed E-state index contributed by atoms with van der Waals surface area (Å²) in [4.78, 5) is 21.4. The fourth-order valence-electron chi connectivity index (χ4n) is 3.75. The minimum atomic E-state index is -3.80. The van der Waals surface area contributed by atoms with Gasteiger partial charge in [-0.25, -0.2) is 8.42 Å². The monoisotopic (exact) mass is 466 g/mol. The molecule has 8 nitrogen and oxygen atoms in total. The van der Waals surface area contributed by atoms with Gasteiger partial charge in [-0.2, -0.15) is 0 Å². The molecule has 3 aromatic rings. The second kappa shape index (κ2) is 9.50. The van der Waals surface area contributed by atoms with Crippen LogP contribution in [0.4, 0.5) is 11.4 Å². The van der Waals surface area contributed by atoms with Gasteiger partial charge in [0.25, 0.3) is 15.9 Å². The molecule has 0 saturated carbocycles. The van der Waals surface area contributed by atoms with Gasteiger partial charge in [0.2, 0.25) is 0 Å². The summed E-state index contributed by atoms with van der Waals surface area (Å²) in [6.45, 7) is 2.58. The second-order valence-electron chi connectivity index (χ2n) is 7.66. The first-order valence-corrected chi connectivity index (χ1v) is 12.0. The minimum Gasteiger partial charge on any atom is -0.497 e. The number of sulfonamides is 1. The predicted octanol–water partition coefficient (Wildman–Crippen LogP) is 2.88. The molecule has 172 valence electrons. The van der Waals surface area contributed by atoms with E-state index in [9.17, 15) is 13.2 Å². The molecular formula is C24H26N4O4S. The number of nitrogens with zero attached hydrogens (tertiary/aromatic N) is 4. The summed E-state index contributed by atoms with van der Waals surface area (Å²) in [6, 6.07) is 19.4. The maximum atomic E-state index is 13.1. The number of aromatic nitrogens is 1. The predicted molar refractivity (Wildman–Crippen MR) is 127 cm³/mol. The van der Waals surface area contributed by atoms with E-state index >= 15 is 0 Å². The highest BCUT2D eigenvalue weighted by Crippen LogP contribution is 2.24. The number of ether oxygens (including phenoxy) is 1. The molecule has 9 heteroatoms. The van der Waals surface area contributed by atoms with Gasteiger partial charge in [0.05, 0.1) is 17.7 Å². The molecule has 33 heavy (non-hydrogen) atoms. The Kier molecular flexibility index (Phi) is 6.50. The number of hydrogen-bond acceptors (Lipinski definition) is 6. The van der Waals surface area contributed by atoms with Gasteiger partial charge in [-0.3, -0.25) is 14.1 Å². The maximum Gasteiger partial charge on any atom is 0.272 e. The highest BCUT2D eigenvalue weighted by molar-refractivity contribution is 7.92. The van der Waals surface area contributed by atoms with Gasteiger partial charge < -0.3 is 14.5 Å². The molecule has 1 aliphatic heterocycles. The van der Waals surface area contributed by atoms with Crippen molar-refractivity contribution in [1.29, 1.82) is 0 Å². The number of pyridine rings is 1. The molecule has 2 aromatic carbocycles. The van der Waals surface area contributed by atoms with E-state index in [0.29, 0.717) is 24.5 Å². The third-order valence-electron chi connectivity index (χ3n) is 5.73. The van der Waals surface area contributed by atoms with Gasteiger partial charge in [-0.05, 0) is 48.5 Å². The van der Waals surface area contributed by atoms with Gasteiger partial charge >= 0.3 is 0 Å². The summed E-state index contributed by atoms with van der Waals surface area (Å²) < 4.78 is 32.3. The van der Waals surface area contributed by atoms with E-state index in [-0.39, 0.29) is 16.5 Å². The standard InChI is InChI=1S/C24H26N4O4S/c1-26(33(30,31)22-10-8-21(32-2)9-11-22)20-12-13-25-23(18-20)24(29)28-16-14-27(15-17-28)19-6-4-3-5-7-19/h3-13,18H,14-17H2,1-2H3. The van der Waals surface area contributed by atoms with Crippen LogP contribution in [0.1, 0.15) is 10.5 Å². The average Bonchev–Trinajstić information content (AvgIpc) is 2.88. The van der Waals surface area contributed by atoms with Crippen LogP contribution in [0, 0.1) is 0 Å². The molecule has 0 spiro atoms. The lowest BCUT2D eigenvalue weighted by Gasteiger charge is -2.36. The molecule has 0 N–H and O–H groups in total. The Morgan fingerprint density at radius 2 is 1.64 bits per heavy atom. The van der Waals surface area contributed by atoms with E-state index < -0.39 is 10.0 Å². The van der Waals surface area contributed by atoms with Crippen LogP contribution in [0.3, 0.4) is 0 Å². The zero-order valence-electron chi connectivity index (χ0n) is 18.6. The van der Waals surface area contributed by atoms with Crippen molar-refractivity contribution in [1.82, 2.24) is 9.88 Å². The quantitative estimate of drug-likeness (QED) is 0.556.